The minimum atomic E-state index is -0.465. The number of benzene rings is 1. The van der Waals surface area contributed by atoms with Gasteiger partial charge in [-0.05, 0) is 42.4 Å². The summed E-state index contributed by atoms with van der Waals surface area (Å²) in [5.74, 6) is 1.04. The topological polar surface area (TPSA) is 20.2 Å². The molecule has 1 aromatic rings. The standard InChI is InChI=1S/C14H16Cl2O/c15-12-6-5-9(7-13(12)16)8-14(17)10-3-1-2-4-11(10)14/h5-7,10-11,17H,1-4,8H2. The average Bonchev–Trinajstić information content (AvgIpc) is 2.91. The minimum absolute atomic E-state index is 0.465. The Kier molecular flexibility index (Phi) is 2.89. The Morgan fingerprint density at radius 2 is 1.76 bits per heavy atom. The van der Waals surface area contributed by atoms with Crippen molar-refractivity contribution in [1.82, 2.24) is 0 Å². The van der Waals surface area contributed by atoms with Gasteiger partial charge < -0.3 is 5.11 Å². The number of halogens is 2. The molecule has 1 aromatic carbocycles. The molecular weight excluding hydrogens is 255 g/mol. The zero-order valence-electron chi connectivity index (χ0n) is 9.63. The zero-order chi connectivity index (χ0) is 12.0. The fourth-order valence-corrected chi connectivity index (χ4v) is 3.78. The highest BCUT2D eigenvalue weighted by molar-refractivity contribution is 6.42. The molecule has 0 aliphatic heterocycles. The van der Waals surface area contributed by atoms with Crippen LogP contribution in [0.15, 0.2) is 18.2 Å². The van der Waals surface area contributed by atoms with E-state index < -0.39 is 5.60 Å². The monoisotopic (exact) mass is 270 g/mol. The molecule has 92 valence electrons. The summed E-state index contributed by atoms with van der Waals surface area (Å²) < 4.78 is 0. The third-order valence-electron chi connectivity index (χ3n) is 4.41. The molecule has 0 aromatic heterocycles. The van der Waals surface area contributed by atoms with Crippen LogP contribution in [0.25, 0.3) is 0 Å². The molecule has 3 rings (SSSR count). The SMILES string of the molecule is OC1(Cc2ccc(Cl)c(Cl)c2)C2CCCCC21. The van der Waals surface area contributed by atoms with E-state index in [1.807, 2.05) is 18.2 Å². The van der Waals surface area contributed by atoms with Gasteiger partial charge in [0.25, 0.3) is 0 Å². The van der Waals surface area contributed by atoms with E-state index in [1.54, 1.807) is 0 Å². The first-order valence-corrected chi connectivity index (χ1v) is 7.03. The molecule has 3 heteroatoms. The summed E-state index contributed by atoms with van der Waals surface area (Å²) in [6.07, 6.45) is 5.62. The van der Waals surface area contributed by atoms with Crippen LogP contribution in [0.3, 0.4) is 0 Å². The molecular formula is C14H16Cl2O. The van der Waals surface area contributed by atoms with Crippen LogP contribution >= 0.6 is 23.2 Å². The molecule has 1 N–H and O–H groups in total. The smallest absolute Gasteiger partial charge is 0.0751 e. The van der Waals surface area contributed by atoms with Crippen LogP contribution in [-0.4, -0.2) is 10.7 Å². The van der Waals surface area contributed by atoms with Crippen LogP contribution in [0.1, 0.15) is 31.2 Å². The van der Waals surface area contributed by atoms with Crippen molar-refractivity contribution in [3.8, 4) is 0 Å². The summed E-state index contributed by atoms with van der Waals surface area (Å²) in [5.41, 5.74) is 0.629. The second-order valence-corrected chi connectivity index (χ2v) is 6.23. The maximum Gasteiger partial charge on any atom is 0.0751 e. The first kappa shape index (κ1) is 11.8. The largest absolute Gasteiger partial charge is 0.389 e. The number of rotatable bonds is 2. The van der Waals surface area contributed by atoms with Gasteiger partial charge in [-0.3, -0.25) is 0 Å². The van der Waals surface area contributed by atoms with Crippen molar-refractivity contribution < 1.29 is 5.11 Å². The summed E-state index contributed by atoms with van der Waals surface area (Å²) in [4.78, 5) is 0. The van der Waals surface area contributed by atoms with Gasteiger partial charge >= 0.3 is 0 Å². The van der Waals surface area contributed by atoms with E-state index in [2.05, 4.69) is 0 Å². The zero-order valence-corrected chi connectivity index (χ0v) is 11.1. The maximum atomic E-state index is 10.6. The highest BCUT2D eigenvalue weighted by atomic mass is 35.5. The highest BCUT2D eigenvalue weighted by Gasteiger charge is 2.63. The van der Waals surface area contributed by atoms with E-state index in [-0.39, 0.29) is 0 Å². The fraction of sp³-hybridized carbons (Fsp3) is 0.571. The van der Waals surface area contributed by atoms with E-state index in [9.17, 15) is 5.11 Å². The molecule has 0 amide bonds. The van der Waals surface area contributed by atoms with Gasteiger partial charge in [-0.2, -0.15) is 0 Å². The number of fused-ring (bicyclic) bond motifs is 1. The molecule has 0 spiro atoms. The Morgan fingerprint density at radius 1 is 1.12 bits per heavy atom. The fourth-order valence-electron chi connectivity index (χ4n) is 3.46. The summed E-state index contributed by atoms with van der Waals surface area (Å²) in [6.45, 7) is 0. The lowest BCUT2D eigenvalue weighted by Crippen LogP contribution is -2.16. The molecule has 0 saturated heterocycles. The van der Waals surface area contributed by atoms with Crippen LogP contribution in [0, 0.1) is 11.8 Å². The molecule has 17 heavy (non-hydrogen) atoms. The first-order valence-electron chi connectivity index (χ1n) is 6.27. The number of aliphatic hydroxyl groups is 1. The summed E-state index contributed by atoms with van der Waals surface area (Å²) in [7, 11) is 0. The second-order valence-electron chi connectivity index (χ2n) is 5.41. The van der Waals surface area contributed by atoms with Gasteiger partial charge in [0.2, 0.25) is 0 Å². The van der Waals surface area contributed by atoms with Crippen molar-refractivity contribution in [3.63, 3.8) is 0 Å². The minimum Gasteiger partial charge on any atom is -0.389 e. The molecule has 2 unspecified atom stereocenters. The Bertz CT molecular complexity index is 432. The van der Waals surface area contributed by atoms with Crippen LogP contribution in [0.2, 0.25) is 10.0 Å². The van der Waals surface area contributed by atoms with Crippen LogP contribution in [0.5, 0.6) is 0 Å². The lowest BCUT2D eigenvalue weighted by molar-refractivity contribution is 0.119. The van der Waals surface area contributed by atoms with Crippen molar-refractivity contribution in [3.05, 3.63) is 33.8 Å². The quantitative estimate of drug-likeness (QED) is 0.859. The predicted octanol–water partition coefficient (Wildman–Crippen LogP) is 4.09. The lowest BCUT2D eigenvalue weighted by Gasteiger charge is -2.11. The van der Waals surface area contributed by atoms with Gasteiger partial charge in [-0.25, -0.2) is 0 Å². The number of hydrogen-bond donors (Lipinski definition) is 1. The lowest BCUT2D eigenvalue weighted by atomic mass is 10.0. The normalized spacial score (nSPS) is 35.5. The molecule has 0 heterocycles. The van der Waals surface area contributed by atoms with Gasteiger partial charge in [0.1, 0.15) is 0 Å². The van der Waals surface area contributed by atoms with Gasteiger partial charge in [0, 0.05) is 6.42 Å². The van der Waals surface area contributed by atoms with Crippen molar-refractivity contribution in [2.75, 3.05) is 0 Å². The Labute approximate surface area is 112 Å². The predicted molar refractivity (Wildman–Crippen MR) is 70.6 cm³/mol. The molecule has 2 aliphatic carbocycles. The second kappa shape index (κ2) is 4.15. The first-order chi connectivity index (χ1) is 8.11. The van der Waals surface area contributed by atoms with Gasteiger partial charge in [0.05, 0.1) is 15.6 Å². The van der Waals surface area contributed by atoms with Gasteiger partial charge in [-0.1, -0.05) is 42.1 Å². The molecule has 0 radical (unpaired) electrons. The molecule has 2 atom stereocenters. The number of hydrogen-bond acceptors (Lipinski definition) is 1. The molecule has 2 saturated carbocycles. The summed E-state index contributed by atoms with van der Waals surface area (Å²) in [6, 6.07) is 5.66. The van der Waals surface area contributed by atoms with Gasteiger partial charge in [-0.15, -0.1) is 0 Å². The highest BCUT2D eigenvalue weighted by Crippen LogP contribution is 2.60. The van der Waals surface area contributed by atoms with E-state index in [1.165, 1.54) is 25.7 Å². The van der Waals surface area contributed by atoms with E-state index in [0.717, 1.165) is 12.0 Å². The Morgan fingerprint density at radius 3 is 2.35 bits per heavy atom. The van der Waals surface area contributed by atoms with Crippen molar-refractivity contribution in [2.24, 2.45) is 11.8 Å². The molecule has 0 bridgehead atoms. The van der Waals surface area contributed by atoms with E-state index in [0.29, 0.717) is 21.9 Å². The van der Waals surface area contributed by atoms with Crippen molar-refractivity contribution in [1.29, 1.82) is 0 Å². The maximum absolute atomic E-state index is 10.6. The Hall–Kier alpha value is -0.240. The van der Waals surface area contributed by atoms with Gasteiger partial charge in [0.15, 0.2) is 0 Å². The van der Waals surface area contributed by atoms with E-state index in [4.69, 9.17) is 23.2 Å². The molecule has 1 nitrogen and oxygen atoms in total. The molecule has 2 fully saturated rings. The van der Waals surface area contributed by atoms with Crippen molar-refractivity contribution in [2.45, 2.75) is 37.7 Å². The van der Waals surface area contributed by atoms with Crippen molar-refractivity contribution >= 4 is 23.2 Å². The average molecular weight is 271 g/mol. The third kappa shape index (κ3) is 1.99. The van der Waals surface area contributed by atoms with Crippen LogP contribution < -0.4 is 0 Å². The van der Waals surface area contributed by atoms with Crippen LogP contribution in [-0.2, 0) is 6.42 Å². The summed E-state index contributed by atoms with van der Waals surface area (Å²) in [5, 5.41) is 11.8. The Balaban J connectivity index is 1.77. The molecule has 2 aliphatic rings. The summed E-state index contributed by atoms with van der Waals surface area (Å²) >= 11 is 11.9. The third-order valence-corrected chi connectivity index (χ3v) is 5.15. The van der Waals surface area contributed by atoms with E-state index >= 15 is 0 Å². The van der Waals surface area contributed by atoms with Crippen LogP contribution in [0.4, 0.5) is 0 Å².